The summed E-state index contributed by atoms with van der Waals surface area (Å²) in [6.45, 7) is 0. The topological polar surface area (TPSA) is 91.4 Å². The maximum absolute atomic E-state index is 12.6. The second-order valence-corrected chi connectivity index (χ2v) is 6.21. The molecule has 1 atom stereocenters. The Balaban J connectivity index is 1.80. The fraction of sp³-hybridized carbons (Fsp3) is 0.158. The zero-order chi connectivity index (χ0) is 18.7. The fourth-order valence-corrected chi connectivity index (χ4v) is 2.91. The number of carbonyl (C=O) groups excluding carboxylic acids is 2. The van der Waals surface area contributed by atoms with E-state index in [9.17, 15) is 14.7 Å². The van der Waals surface area contributed by atoms with E-state index in [1.165, 1.54) is 19.2 Å². The van der Waals surface area contributed by atoms with E-state index in [-0.39, 0.29) is 12.2 Å². The number of fused-ring (bicyclic) bond motifs is 1. The molecule has 0 saturated carbocycles. The highest BCUT2D eigenvalue weighted by Gasteiger charge is 2.23. The number of hydrogen-bond donors (Lipinski definition) is 3. The lowest BCUT2D eigenvalue weighted by atomic mass is 10.1. The van der Waals surface area contributed by atoms with Crippen LogP contribution in [-0.2, 0) is 16.0 Å². The molecule has 26 heavy (non-hydrogen) atoms. The van der Waals surface area contributed by atoms with Gasteiger partial charge in [-0.25, -0.2) is 4.79 Å². The van der Waals surface area contributed by atoms with Crippen LogP contribution in [0.4, 0.5) is 0 Å². The lowest BCUT2D eigenvalue weighted by Gasteiger charge is -2.16. The third-order valence-electron chi connectivity index (χ3n) is 4.02. The largest absolute Gasteiger partial charge is 0.508 e. The highest BCUT2D eigenvalue weighted by molar-refractivity contribution is 6.35. The average molecular weight is 373 g/mol. The third-order valence-corrected chi connectivity index (χ3v) is 4.33. The number of aromatic amines is 1. The lowest BCUT2D eigenvalue weighted by Crippen LogP contribution is -2.43. The number of methoxy groups -OCH3 is 1. The molecule has 1 heterocycles. The van der Waals surface area contributed by atoms with E-state index >= 15 is 0 Å². The van der Waals surface area contributed by atoms with Crippen LogP contribution in [-0.4, -0.2) is 35.1 Å². The molecule has 0 aliphatic heterocycles. The summed E-state index contributed by atoms with van der Waals surface area (Å²) in [6.07, 6.45) is 0.236. The summed E-state index contributed by atoms with van der Waals surface area (Å²) in [5, 5.41) is 13.3. The van der Waals surface area contributed by atoms with Crippen LogP contribution in [0, 0.1) is 0 Å². The van der Waals surface area contributed by atoms with Crippen LogP contribution in [0.2, 0.25) is 5.02 Å². The first-order chi connectivity index (χ1) is 12.5. The molecule has 2 aromatic carbocycles. The van der Waals surface area contributed by atoms with Crippen molar-refractivity contribution in [2.45, 2.75) is 12.5 Å². The van der Waals surface area contributed by atoms with Crippen molar-refractivity contribution in [2.75, 3.05) is 7.11 Å². The predicted octanol–water partition coefficient (Wildman–Crippen LogP) is 3.04. The summed E-state index contributed by atoms with van der Waals surface area (Å²) in [7, 11) is 1.26. The van der Waals surface area contributed by atoms with Crippen LogP contribution in [0.25, 0.3) is 10.9 Å². The minimum absolute atomic E-state index is 0.127. The molecular weight excluding hydrogens is 356 g/mol. The Hall–Kier alpha value is -2.99. The van der Waals surface area contributed by atoms with E-state index in [0.717, 1.165) is 10.9 Å². The molecule has 3 N–H and O–H groups in total. The molecule has 134 valence electrons. The number of halogens is 1. The average Bonchev–Trinajstić information content (AvgIpc) is 3.08. The molecule has 1 unspecified atom stereocenters. The summed E-state index contributed by atoms with van der Waals surface area (Å²) >= 11 is 6.12. The molecule has 6 nitrogen and oxygen atoms in total. The lowest BCUT2D eigenvalue weighted by molar-refractivity contribution is -0.142. The molecule has 0 aliphatic carbocycles. The Kier molecular flexibility index (Phi) is 5.14. The van der Waals surface area contributed by atoms with Gasteiger partial charge in [-0.15, -0.1) is 0 Å². The Labute approximate surface area is 154 Å². The maximum Gasteiger partial charge on any atom is 0.328 e. The normalized spacial score (nSPS) is 11.9. The number of rotatable bonds is 5. The smallest absolute Gasteiger partial charge is 0.328 e. The number of phenols is 1. The number of ether oxygens (including phenoxy) is 1. The first kappa shape index (κ1) is 17.8. The van der Waals surface area contributed by atoms with Crippen LogP contribution < -0.4 is 5.32 Å². The van der Waals surface area contributed by atoms with Crippen molar-refractivity contribution < 1.29 is 19.4 Å². The minimum atomic E-state index is -0.862. The van der Waals surface area contributed by atoms with Gasteiger partial charge >= 0.3 is 5.97 Å². The molecule has 3 aromatic rings. The van der Waals surface area contributed by atoms with Crippen LogP contribution in [0.15, 0.2) is 48.5 Å². The number of carbonyl (C=O) groups is 2. The predicted molar refractivity (Wildman–Crippen MR) is 98.4 cm³/mol. The van der Waals surface area contributed by atoms with E-state index in [0.29, 0.717) is 16.2 Å². The first-order valence-corrected chi connectivity index (χ1v) is 8.29. The van der Waals surface area contributed by atoms with Gasteiger partial charge in [0.1, 0.15) is 17.5 Å². The molecule has 0 spiro atoms. The van der Waals surface area contributed by atoms with Crippen LogP contribution in [0.3, 0.4) is 0 Å². The van der Waals surface area contributed by atoms with Crippen molar-refractivity contribution in [3.63, 3.8) is 0 Å². The number of esters is 1. The molecule has 0 saturated heterocycles. The van der Waals surface area contributed by atoms with Crippen LogP contribution in [0.5, 0.6) is 5.75 Å². The second-order valence-electron chi connectivity index (χ2n) is 5.81. The van der Waals surface area contributed by atoms with Gasteiger partial charge in [0.15, 0.2) is 0 Å². The fourth-order valence-electron chi connectivity index (χ4n) is 2.68. The van der Waals surface area contributed by atoms with Crippen molar-refractivity contribution in [3.05, 3.63) is 64.8 Å². The van der Waals surface area contributed by atoms with Gasteiger partial charge in [0.25, 0.3) is 5.91 Å². The summed E-state index contributed by atoms with van der Waals surface area (Å²) in [5.41, 5.74) is 1.73. The summed E-state index contributed by atoms with van der Waals surface area (Å²) in [6, 6.07) is 12.6. The van der Waals surface area contributed by atoms with Gasteiger partial charge in [-0.1, -0.05) is 35.9 Å². The number of phenolic OH excluding ortho intramolecular Hbond substituents is 1. The number of nitrogens with one attached hydrogen (secondary N) is 2. The number of para-hydroxylation sites is 1. The van der Waals surface area contributed by atoms with Crippen molar-refractivity contribution in [1.29, 1.82) is 0 Å². The molecule has 0 radical (unpaired) electrons. The molecule has 0 fully saturated rings. The van der Waals surface area contributed by atoms with Crippen LogP contribution >= 0.6 is 11.6 Å². The van der Waals surface area contributed by atoms with Crippen LogP contribution in [0.1, 0.15) is 16.1 Å². The quantitative estimate of drug-likeness (QED) is 0.600. The van der Waals surface area contributed by atoms with Crippen molar-refractivity contribution in [3.8, 4) is 5.75 Å². The Bertz CT molecular complexity index is 950. The van der Waals surface area contributed by atoms with E-state index in [1.807, 2.05) is 6.07 Å². The summed E-state index contributed by atoms with van der Waals surface area (Å²) in [5.74, 6) is -0.866. The Morgan fingerprint density at radius 1 is 1.23 bits per heavy atom. The minimum Gasteiger partial charge on any atom is -0.508 e. The van der Waals surface area contributed by atoms with E-state index in [1.54, 1.807) is 30.3 Å². The van der Waals surface area contributed by atoms with E-state index in [4.69, 9.17) is 16.3 Å². The second kappa shape index (κ2) is 7.49. The van der Waals surface area contributed by atoms with Crippen molar-refractivity contribution >= 4 is 34.4 Å². The molecule has 1 amide bonds. The van der Waals surface area contributed by atoms with Crippen molar-refractivity contribution in [2.24, 2.45) is 0 Å². The van der Waals surface area contributed by atoms with Gasteiger partial charge in [-0.2, -0.15) is 0 Å². The zero-order valence-corrected chi connectivity index (χ0v) is 14.7. The summed E-state index contributed by atoms with van der Waals surface area (Å²) in [4.78, 5) is 27.6. The maximum atomic E-state index is 12.6. The molecule has 0 bridgehead atoms. The highest BCUT2D eigenvalue weighted by Crippen LogP contribution is 2.23. The number of aromatic hydroxyl groups is 1. The molecule has 1 aromatic heterocycles. The standard InChI is InChI=1S/C19H17ClN2O4/c1-26-19(25)16(9-11-5-7-13(23)8-6-11)22-18(24)15-10-12-3-2-4-14(20)17(12)21-15/h2-8,10,16,21,23H,9H2,1H3,(H,22,24). The highest BCUT2D eigenvalue weighted by atomic mass is 35.5. The zero-order valence-electron chi connectivity index (χ0n) is 14.0. The van der Waals surface area contributed by atoms with Crippen molar-refractivity contribution in [1.82, 2.24) is 10.3 Å². The van der Waals surface area contributed by atoms with E-state index in [2.05, 4.69) is 10.3 Å². The number of H-pyrrole nitrogens is 1. The van der Waals surface area contributed by atoms with Gasteiger partial charge in [0.2, 0.25) is 0 Å². The van der Waals surface area contributed by atoms with Gasteiger partial charge in [-0.3, -0.25) is 4.79 Å². The van der Waals surface area contributed by atoms with Gasteiger partial charge in [0, 0.05) is 11.8 Å². The van der Waals surface area contributed by atoms with Gasteiger partial charge in [0.05, 0.1) is 17.6 Å². The Morgan fingerprint density at radius 2 is 1.96 bits per heavy atom. The van der Waals surface area contributed by atoms with E-state index < -0.39 is 17.9 Å². The molecule has 3 rings (SSSR count). The van der Waals surface area contributed by atoms with Gasteiger partial charge in [-0.05, 0) is 29.8 Å². The van der Waals surface area contributed by atoms with Gasteiger partial charge < -0.3 is 20.1 Å². The number of hydrogen-bond acceptors (Lipinski definition) is 4. The number of aromatic nitrogens is 1. The number of benzene rings is 2. The Morgan fingerprint density at radius 3 is 2.62 bits per heavy atom. The molecule has 7 heteroatoms. The molecular formula is C19H17ClN2O4. The monoisotopic (exact) mass is 372 g/mol. The number of amides is 1. The third kappa shape index (κ3) is 3.81. The molecule has 0 aliphatic rings. The summed E-state index contributed by atoms with van der Waals surface area (Å²) < 4.78 is 4.79. The first-order valence-electron chi connectivity index (χ1n) is 7.92. The SMILES string of the molecule is COC(=O)C(Cc1ccc(O)cc1)NC(=O)c1cc2cccc(Cl)c2[nH]1.